The molecule has 39 heavy (non-hydrogen) atoms. The second kappa shape index (κ2) is 8.39. The smallest absolute Gasteiger partial charge is 0.171 e. The molecule has 2 saturated heterocycles. The molecule has 0 radical (unpaired) electrons. The fraction of sp³-hybridized carbons (Fsp3) is 0.606. The highest BCUT2D eigenvalue weighted by molar-refractivity contribution is 5.47. The number of aromatic nitrogens is 2. The van der Waals surface area contributed by atoms with Crippen molar-refractivity contribution in [1.82, 2.24) is 9.55 Å². The Kier molecular flexibility index (Phi) is 5.28. The molecule has 0 bridgehead atoms. The van der Waals surface area contributed by atoms with Crippen molar-refractivity contribution in [2.75, 3.05) is 19.8 Å². The molecule has 2 aromatic rings. The molecule has 8 rings (SSSR count). The largest absolute Gasteiger partial charge is 0.385 e. The highest BCUT2D eigenvalue weighted by atomic mass is 16.7. The Morgan fingerprint density at radius 1 is 1.00 bits per heavy atom. The molecule has 1 N–H and O–H groups in total. The molecular weight excluding hydrogens is 488 g/mol. The van der Waals surface area contributed by atoms with Gasteiger partial charge in [-0.1, -0.05) is 31.2 Å². The lowest BCUT2D eigenvalue weighted by molar-refractivity contribution is -0.208. The van der Waals surface area contributed by atoms with Crippen molar-refractivity contribution in [2.24, 2.45) is 17.3 Å². The molecule has 2 aliphatic heterocycles. The van der Waals surface area contributed by atoms with Crippen molar-refractivity contribution in [2.45, 2.75) is 87.6 Å². The summed E-state index contributed by atoms with van der Waals surface area (Å²) in [7, 11) is 0. The van der Waals surface area contributed by atoms with E-state index in [9.17, 15) is 5.11 Å². The minimum absolute atomic E-state index is 0.0337. The van der Waals surface area contributed by atoms with Crippen LogP contribution in [0, 0.1) is 17.3 Å². The van der Waals surface area contributed by atoms with E-state index in [0.717, 1.165) is 57.2 Å². The Balaban J connectivity index is 1.25. The first-order chi connectivity index (χ1) is 18.9. The van der Waals surface area contributed by atoms with E-state index in [1.54, 1.807) is 0 Å². The zero-order valence-corrected chi connectivity index (χ0v) is 23.0. The van der Waals surface area contributed by atoms with Gasteiger partial charge in [0.05, 0.1) is 37.4 Å². The summed E-state index contributed by atoms with van der Waals surface area (Å²) >= 11 is 0. The van der Waals surface area contributed by atoms with E-state index in [-0.39, 0.29) is 16.9 Å². The molecule has 6 unspecified atom stereocenters. The third-order valence-electron chi connectivity index (χ3n) is 11.8. The van der Waals surface area contributed by atoms with Crippen LogP contribution in [0.1, 0.15) is 76.2 Å². The van der Waals surface area contributed by atoms with Gasteiger partial charge < -0.3 is 23.9 Å². The molecule has 0 amide bonds. The Labute approximate surface area is 231 Å². The van der Waals surface area contributed by atoms with Crippen LogP contribution in [0.4, 0.5) is 0 Å². The Hall–Kier alpha value is -2.25. The van der Waals surface area contributed by atoms with Crippen molar-refractivity contribution in [3.63, 3.8) is 0 Å². The average Bonchev–Trinajstić information content (AvgIpc) is 3.73. The fourth-order valence-electron chi connectivity index (χ4n) is 10.1. The van der Waals surface area contributed by atoms with Gasteiger partial charge >= 0.3 is 0 Å². The summed E-state index contributed by atoms with van der Waals surface area (Å²) in [4.78, 5) is 4.23. The summed E-state index contributed by atoms with van der Waals surface area (Å²) in [6.07, 6.45) is 14.0. The molecule has 206 valence electrons. The first-order valence-corrected chi connectivity index (χ1v) is 15.0. The summed E-state index contributed by atoms with van der Waals surface area (Å²) in [5.74, 6) is 0.661. The number of aliphatic hydroxyl groups is 1. The molecule has 6 nitrogen and oxygen atoms in total. The van der Waals surface area contributed by atoms with Crippen molar-refractivity contribution in [1.29, 1.82) is 0 Å². The Bertz CT molecular complexity index is 1330. The number of benzene rings is 1. The number of allylic oxidation sites excluding steroid dienone is 1. The third-order valence-corrected chi connectivity index (χ3v) is 11.8. The van der Waals surface area contributed by atoms with Gasteiger partial charge in [0.25, 0.3) is 0 Å². The SMILES string of the molecule is C=C1CCOC12CCC1C3CCC4(O)CC5(CCC4=C3C(c3ccc(-n4ccnc4)cc3)CC12C)OCCO5. The molecule has 3 saturated carbocycles. The maximum Gasteiger partial charge on any atom is 0.171 e. The lowest BCUT2D eigenvalue weighted by atomic mass is 9.49. The predicted molar refractivity (Wildman–Crippen MR) is 147 cm³/mol. The second-order valence-electron chi connectivity index (χ2n) is 13.3. The Morgan fingerprint density at radius 2 is 1.82 bits per heavy atom. The number of nitrogens with zero attached hydrogens (tertiary/aromatic N) is 2. The normalized spacial score (nSPS) is 40.8. The topological polar surface area (TPSA) is 65.7 Å². The van der Waals surface area contributed by atoms with Crippen molar-refractivity contribution >= 4 is 0 Å². The van der Waals surface area contributed by atoms with Gasteiger partial charge in [-0.15, -0.1) is 0 Å². The van der Waals surface area contributed by atoms with Crippen LogP contribution in [-0.4, -0.2) is 51.5 Å². The lowest BCUT2D eigenvalue weighted by Crippen LogP contribution is -2.55. The van der Waals surface area contributed by atoms with Gasteiger partial charge in [-0.3, -0.25) is 0 Å². The van der Waals surface area contributed by atoms with Crippen LogP contribution in [0.5, 0.6) is 0 Å². The van der Waals surface area contributed by atoms with Crippen molar-refractivity contribution < 1.29 is 19.3 Å². The first-order valence-electron chi connectivity index (χ1n) is 15.0. The van der Waals surface area contributed by atoms with Crippen molar-refractivity contribution in [3.8, 4) is 5.69 Å². The van der Waals surface area contributed by atoms with Gasteiger partial charge in [-0.2, -0.15) is 0 Å². The molecule has 2 spiro atoms. The van der Waals surface area contributed by atoms with E-state index in [1.165, 1.54) is 28.7 Å². The summed E-state index contributed by atoms with van der Waals surface area (Å²) in [6.45, 7) is 9.13. The molecule has 3 heterocycles. The fourth-order valence-corrected chi connectivity index (χ4v) is 10.1. The zero-order chi connectivity index (χ0) is 26.5. The maximum atomic E-state index is 12.3. The predicted octanol–water partition coefficient (Wildman–Crippen LogP) is 5.86. The minimum Gasteiger partial charge on any atom is -0.385 e. The van der Waals surface area contributed by atoms with Crippen LogP contribution in [0.15, 0.2) is 66.3 Å². The summed E-state index contributed by atoms with van der Waals surface area (Å²) in [6, 6.07) is 9.04. The molecule has 6 aliphatic rings. The summed E-state index contributed by atoms with van der Waals surface area (Å²) in [5.41, 5.74) is 5.56. The number of hydrogen-bond acceptors (Lipinski definition) is 5. The highest BCUT2D eigenvalue weighted by Crippen LogP contribution is 2.70. The van der Waals surface area contributed by atoms with Crippen LogP contribution in [0.25, 0.3) is 5.69 Å². The Morgan fingerprint density at radius 3 is 2.54 bits per heavy atom. The number of hydrogen-bond donors (Lipinski definition) is 1. The molecule has 6 heteroatoms. The maximum absolute atomic E-state index is 12.3. The van der Waals surface area contributed by atoms with Crippen LogP contribution >= 0.6 is 0 Å². The second-order valence-corrected chi connectivity index (χ2v) is 13.3. The van der Waals surface area contributed by atoms with Crippen molar-refractivity contribution in [3.05, 3.63) is 71.8 Å². The van der Waals surface area contributed by atoms with Gasteiger partial charge in [0, 0.05) is 42.3 Å². The van der Waals surface area contributed by atoms with Gasteiger partial charge in [-0.25, -0.2) is 4.98 Å². The zero-order valence-electron chi connectivity index (χ0n) is 23.0. The monoisotopic (exact) mass is 528 g/mol. The number of fused-ring (bicyclic) bond motifs is 5. The van der Waals surface area contributed by atoms with Gasteiger partial charge in [-0.05, 0) is 85.6 Å². The first kappa shape index (κ1) is 24.5. The number of imidazole rings is 1. The van der Waals surface area contributed by atoms with Crippen LogP contribution in [0.3, 0.4) is 0 Å². The van der Waals surface area contributed by atoms with E-state index in [2.05, 4.69) is 47.3 Å². The standard InChI is InChI=1S/C33H40N2O4/c1-22-10-16-39-33(22)13-9-27-25-7-11-31(36)20-32(37-17-18-38-32)12-8-28(31)29(25)26(19-30(27,33)2)23-3-5-24(6-4-23)35-15-14-34-21-35/h3-6,14-15,21,25-27,36H,1,7-13,16-20H2,2H3. The van der Waals surface area contributed by atoms with Crippen LogP contribution < -0.4 is 0 Å². The molecule has 1 aromatic carbocycles. The molecule has 6 atom stereocenters. The van der Waals surface area contributed by atoms with E-state index in [4.69, 9.17) is 14.2 Å². The van der Waals surface area contributed by atoms with E-state index in [0.29, 0.717) is 31.5 Å². The lowest BCUT2D eigenvalue weighted by Gasteiger charge is -2.58. The van der Waals surface area contributed by atoms with Crippen LogP contribution in [-0.2, 0) is 14.2 Å². The van der Waals surface area contributed by atoms with E-state index < -0.39 is 11.4 Å². The van der Waals surface area contributed by atoms with E-state index >= 15 is 0 Å². The molecular formula is C33H40N2O4. The highest BCUT2D eigenvalue weighted by Gasteiger charge is 2.67. The van der Waals surface area contributed by atoms with Gasteiger partial charge in [0.15, 0.2) is 5.79 Å². The number of ether oxygens (including phenoxy) is 3. The van der Waals surface area contributed by atoms with Gasteiger partial charge in [0.2, 0.25) is 0 Å². The van der Waals surface area contributed by atoms with Crippen LogP contribution in [0.2, 0.25) is 0 Å². The van der Waals surface area contributed by atoms with E-state index in [1.807, 2.05) is 18.7 Å². The third kappa shape index (κ3) is 3.32. The molecule has 4 aliphatic carbocycles. The molecule has 5 fully saturated rings. The quantitative estimate of drug-likeness (QED) is 0.495. The summed E-state index contributed by atoms with van der Waals surface area (Å²) < 4.78 is 21.0. The number of rotatable bonds is 2. The van der Waals surface area contributed by atoms with Gasteiger partial charge in [0.1, 0.15) is 0 Å². The molecule has 1 aromatic heterocycles. The average molecular weight is 529 g/mol. The summed E-state index contributed by atoms with van der Waals surface area (Å²) in [5, 5.41) is 12.3. The minimum atomic E-state index is -0.846.